The van der Waals surface area contributed by atoms with Gasteiger partial charge in [0.25, 0.3) is 5.56 Å². The van der Waals surface area contributed by atoms with Crippen LogP contribution < -0.4 is 20.3 Å². The first-order chi connectivity index (χ1) is 13.2. The van der Waals surface area contributed by atoms with E-state index in [0.29, 0.717) is 19.6 Å². The van der Waals surface area contributed by atoms with Crippen LogP contribution in [0.3, 0.4) is 0 Å². The maximum Gasteiger partial charge on any atom is 0.251 e. The monoisotopic (exact) mass is 364 g/mol. The van der Waals surface area contributed by atoms with Crippen molar-refractivity contribution < 1.29 is 9.47 Å². The highest BCUT2D eigenvalue weighted by Gasteiger charge is 2.07. The second-order valence-electron chi connectivity index (χ2n) is 6.21. The van der Waals surface area contributed by atoms with E-state index in [2.05, 4.69) is 5.32 Å². The van der Waals surface area contributed by atoms with E-state index in [0.717, 1.165) is 28.3 Å². The predicted octanol–water partition coefficient (Wildman–Crippen LogP) is 3.20. The third-order valence-corrected chi connectivity index (χ3v) is 4.44. The maximum absolute atomic E-state index is 12.3. The topological polar surface area (TPSA) is 52.5 Å². The summed E-state index contributed by atoms with van der Waals surface area (Å²) in [5, 5.41) is 3.40. The minimum Gasteiger partial charge on any atom is -0.497 e. The Balaban J connectivity index is 1.72. The standard InChI is InChI=1S/C22H24N2O3/c1-26-20-12-11-18(21(13-20)27-2)14-23-15-19-9-6-10-22(25)24(19)16-17-7-4-3-5-8-17/h3-13,23H,14-16H2,1-2H3. The van der Waals surface area contributed by atoms with E-state index in [1.54, 1.807) is 30.9 Å². The summed E-state index contributed by atoms with van der Waals surface area (Å²) in [4.78, 5) is 12.3. The third-order valence-electron chi connectivity index (χ3n) is 4.44. The molecule has 0 aliphatic heterocycles. The molecule has 140 valence electrons. The number of aromatic nitrogens is 1. The van der Waals surface area contributed by atoms with Crippen molar-refractivity contribution in [3.63, 3.8) is 0 Å². The minimum atomic E-state index is 0.000168. The number of nitrogens with one attached hydrogen (secondary N) is 1. The van der Waals surface area contributed by atoms with Crippen molar-refractivity contribution in [2.75, 3.05) is 14.2 Å². The van der Waals surface area contributed by atoms with Crippen LogP contribution in [0.4, 0.5) is 0 Å². The quantitative estimate of drug-likeness (QED) is 0.667. The van der Waals surface area contributed by atoms with Gasteiger partial charge in [0.05, 0.1) is 20.8 Å². The van der Waals surface area contributed by atoms with Crippen LogP contribution in [0, 0.1) is 0 Å². The molecule has 0 aliphatic carbocycles. The molecule has 1 heterocycles. The molecule has 0 amide bonds. The van der Waals surface area contributed by atoms with Gasteiger partial charge in [-0.3, -0.25) is 4.79 Å². The number of methoxy groups -OCH3 is 2. The smallest absolute Gasteiger partial charge is 0.251 e. The first-order valence-corrected chi connectivity index (χ1v) is 8.85. The van der Waals surface area contributed by atoms with E-state index in [1.165, 1.54) is 0 Å². The lowest BCUT2D eigenvalue weighted by Crippen LogP contribution is -2.26. The molecule has 0 fully saturated rings. The normalized spacial score (nSPS) is 10.6. The molecule has 2 aromatic carbocycles. The molecule has 0 spiro atoms. The van der Waals surface area contributed by atoms with E-state index < -0.39 is 0 Å². The summed E-state index contributed by atoms with van der Waals surface area (Å²) in [6.45, 7) is 1.77. The van der Waals surface area contributed by atoms with Gasteiger partial charge in [0.1, 0.15) is 11.5 Å². The Hall–Kier alpha value is -3.05. The molecular weight excluding hydrogens is 340 g/mol. The molecule has 0 unspecified atom stereocenters. The van der Waals surface area contributed by atoms with Gasteiger partial charge in [-0.25, -0.2) is 0 Å². The van der Waals surface area contributed by atoms with Crippen molar-refractivity contribution in [1.82, 2.24) is 9.88 Å². The van der Waals surface area contributed by atoms with E-state index in [1.807, 2.05) is 54.6 Å². The molecule has 0 bridgehead atoms. The molecule has 3 aromatic rings. The molecular formula is C22H24N2O3. The van der Waals surface area contributed by atoms with Crippen molar-refractivity contribution in [3.05, 3.63) is 93.9 Å². The van der Waals surface area contributed by atoms with Crippen LogP contribution in [0.5, 0.6) is 11.5 Å². The van der Waals surface area contributed by atoms with Gasteiger partial charge in [-0.05, 0) is 17.7 Å². The Kier molecular flexibility index (Phi) is 6.28. The van der Waals surface area contributed by atoms with Crippen LogP contribution in [0.25, 0.3) is 0 Å². The number of nitrogens with zero attached hydrogens (tertiary/aromatic N) is 1. The molecule has 0 atom stereocenters. The van der Waals surface area contributed by atoms with Crippen LogP contribution in [0.1, 0.15) is 16.8 Å². The predicted molar refractivity (Wildman–Crippen MR) is 106 cm³/mol. The Morgan fingerprint density at radius 3 is 2.44 bits per heavy atom. The molecule has 1 aromatic heterocycles. The molecule has 5 nitrogen and oxygen atoms in total. The largest absolute Gasteiger partial charge is 0.497 e. The molecule has 0 radical (unpaired) electrons. The average Bonchev–Trinajstić information content (AvgIpc) is 2.71. The number of hydrogen-bond donors (Lipinski definition) is 1. The summed E-state index contributed by atoms with van der Waals surface area (Å²) in [5.74, 6) is 1.53. The maximum atomic E-state index is 12.3. The van der Waals surface area contributed by atoms with Crippen LogP contribution in [-0.4, -0.2) is 18.8 Å². The van der Waals surface area contributed by atoms with Gasteiger partial charge < -0.3 is 19.4 Å². The van der Waals surface area contributed by atoms with E-state index in [9.17, 15) is 4.79 Å². The Morgan fingerprint density at radius 2 is 1.70 bits per heavy atom. The lowest BCUT2D eigenvalue weighted by Gasteiger charge is -2.15. The highest BCUT2D eigenvalue weighted by atomic mass is 16.5. The molecule has 0 aliphatic rings. The fourth-order valence-corrected chi connectivity index (χ4v) is 2.99. The number of pyridine rings is 1. The second-order valence-corrected chi connectivity index (χ2v) is 6.21. The zero-order valence-electron chi connectivity index (χ0n) is 15.6. The first-order valence-electron chi connectivity index (χ1n) is 8.85. The average molecular weight is 364 g/mol. The number of ether oxygens (including phenoxy) is 2. The van der Waals surface area contributed by atoms with Crippen molar-refractivity contribution >= 4 is 0 Å². The second kappa shape index (κ2) is 9.05. The lowest BCUT2D eigenvalue weighted by atomic mass is 10.2. The van der Waals surface area contributed by atoms with Gasteiger partial charge in [-0.2, -0.15) is 0 Å². The highest BCUT2D eigenvalue weighted by molar-refractivity contribution is 5.40. The molecule has 0 saturated carbocycles. The summed E-state index contributed by atoms with van der Waals surface area (Å²) in [6.07, 6.45) is 0. The van der Waals surface area contributed by atoms with Crippen LogP contribution in [0.15, 0.2) is 71.5 Å². The Bertz CT molecular complexity index is 936. The zero-order valence-corrected chi connectivity index (χ0v) is 15.6. The van der Waals surface area contributed by atoms with Crippen molar-refractivity contribution in [3.8, 4) is 11.5 Å². The summed E-state index contributed by atoms with van der Waals surface area (Å²) in [6, 6.07) is 21.1. The first kappa shape index (κ1) is 18.7. The Labute approximate surface area is 159 Å². The summed E-state index contributed by atoms with van der Waals surface area (Å²) in [7, 11) is 3.28. The molecule has 27 heavy (non-hydrogen) atoms. The van der Waals surface area contributed by atoms with Gasteiger partial charge in [0.2, 0.25) is 0 Å². The summed E-state index contributed by atoms with van der Waals surface area (Å²) in [5.41, 5.74) is 3.08. The number of rotatable bonds is 8. The van der Waals surface area contributed by atoms with Gasteiger partial charge >= 0.3 is 0 Å². The summed E-state index contributed by atoms with van der Waals surface area (Å²) < 4.78 is 12.5. The van der Waals surface area contributed by atoms with Gasteiger partial charge in [-0.15, -0.1) is 0 Å². The lowest BCUT2D eigenvalue weighted by molar-refractivity contribution is 0.389. The fraction of sp³-hybridized carbons (Fsp3) is 0.227. The van der Waals surface area contributed by atoms with Crippen LogP contribution in [-0.2, 0) is 19.6 Å². The van der Waals surface area contributed by atoms with E-state index in [4.69, 9.17) is 9.47 Å². The minimum absolute atomic E-state index is 0.000168. The molecule has 0 saturated heterocycles. The van der Waals surface area contributed by atoms with E-state index in [-0.39, 0.29) is 5.56 Å². The SMILES string of the molecule is COc1ccc(CNCc2cccc(=O)n2Cc2ccccc2)c(OC)c1. The molecule has 5 heteroatoms. The zero-order chi connectivity index (χ0) is 19.1. The van der Waals surface area contributed by atoms with Crippen LogP contribution >= 0.6 is 0 Å². The van der Waals surface area contributed by atoms with Crippen molar-refractivity contribution in [1.29, 1.82) is 0 Å². The van der Waals surface area contributed by atoms with Gasteiger partial charge in [-0.1, -0.05) is 42.5 Å². The Morgan fingerprint density at radius 1 is 0.889 bits per heavy atom. The fourth-order valence-electron chi connectivity index (χ4n) is 2.99. The van der Waals surface area contributed by atoms with Crippen molar-refractivity contribution in [2.45, 2.75) is 19.6 Å². The van der Waals surface area contributed by atoms with Gasteiger partial charge in [0, 0.05) is 36.5 Å². The van der Waals surface area contributed by atoms with Gasteiger partial charge in [0.15, 0.2) is 0 Å². The third kappa shape index (κ3) is 4.77. The number of hydrogen-bond acceptors (Lipinski definition) is 4. The number of benzene rings is 2. The summed E-state index contributed by atoms with van der Waals surface area (Å²) >= 11 is 0. The molecule has 1 N–H and O–H groups in total. The highest BCUT2D eigenvalue weighted by Crippen LogP contribution is 2.24. The molecule has 3 rings (SSSR count). The van der Waals surface area contributed by atoms with Crippen LogP contribution in [0.2, 0.25) is 0 Å². The van der Waals surface area contributed by atoms with E-state index >= 15 is 0 Å². The van der Waals surface area contributed by atoms with Crippen molar-refractivity contribution in [2.24, 2.45) is 0 Å².